The van der Waals surface area contributed by atoms with Gasteiger partial charge in [0.25, 0.3) is 5.91 Å². The summed E-state index contributed by atoms with van der Waals surface area (Å²) in [4.78, 5) is 28.6. The van der Waals surface area contributed by atoms with E-state index in [9.17, 15) is 14.7 Å². The SMILES string of the molecule is O=C1C[C@@H](N2CCCC[C@@H]2CCO)C(=O)N1c1ccc(Cl)c(Cl)c1. The number of carbonyl (C=O) groups is 2. The van der Waals surface area contributed by atoms with Gasteiger partial charge in [-0.25, -0.2) is 4.90 Å². The van der Waals surface area contributed by atoms with Crippen molar-refractivity contribution in [1.82, 2.24) is 4.90 Å². The number of carbonyl (C=O) groups excluding carboxylic acids is 2. The van der Waals surface area contributed by atoms with Crippen LogP contribution in [0.25, 0.3) is 0 Å². The van der Waals surface area contributed by atoms with Gasteiger partial charge in [0.1, 0.15) is 0 Å². The maximum Gasteiger partial charge on any atom is 0.251 e. The van der Waals surface area contributed by atoms with Crippen molar-refractivity contribution in [2.24, 2.45) is 0 Å². The number of rotatable bonds is 4. The zero-order valence-electron chi connectivity index (χ0n) is 13.3. The second-order valence-electron chi connectivity index (χ2n) is 6.29. The number of piperidine rings is 1. The Morgan fingerprint density at radius 1 is 1.17 bits per heavy atom. The molecule has 0 aliphatic carbocycles. The fraction of sp³-hybridized carbons (Fsp3) is 0.529. The van der Waals surface area contributed by atoms with Gasteiger partial charge in [0.15, 0.2) is 0 Å². The van der Waals surface area contributed by atoms with Crippen molar-refractivity contribution >= 4 is 40.7 Å². The minimum Gasteiger partial charge on any atom is -0.396 e. The lowest BCUT2D eigenvalue weighted by Gasteiger charge is -2.38. The average molecular weight is 371 g/mol. The minimum absolute atomic E-state index is 0.0898. The summed E-state index contributed by atoms with van der Waals surface area (Å²) >= 11 is 11.9. The smallest absolute Gasteiger partial charge is 0.251 e. The molecule has 0 aromatic heterocycles. The summed E-state index contributed by atoms with van der Waals surface area (Å²) in [5.41, 5.74) is 0.456. The van der Waals surface area contributed by atoms with Crippen molar-refractivity contribution in [1.29, 1.82) is 0 Å². The Kier molecular flexibility index (Phi) is 5.45. The highest BCUT2D eigenvalue weighted by Crippen LogP contribution is 2.33. The van der Waals surface area contributed by atoms with Crippen LogP contribution in [0.4, 0.5) is 5.69 Å². The first-order valence-corrected chi connectivity index (χ1v) is 8.97. The van der Waals surface area contributed by atoms with Crippen LogP contribution in [0.5, 0.6) is 0 Å². The Balaban J connectivity index is 1.84. The lowest BCUT2D eigenvalue weighted by Crippen LogP contribution is -2.50. The molecule has 2 amide bonds. The molecule has 1 aromatic carbocycles. The van der Waals surface area contributed by atoms with E-state index in [-0.39, 0.29) is 30.9 Å². The number of benzene rings is 1. The molecule has 2 heterocycles. The zero-order chi connectivity index (χ0) is 17.3. The van der Waals surface area contributed by atoms with Crippen molar-refractivity contribution in [2.75, 3.05) is 18.1 Å². The van der Waals surface area contributed by atoms with Crippen molar-refractivity contribution < 1.29 is 14.7 Å². The van der Waals surface area contributed by atoms with E-state index in [0.29, 0.717) is 22.2 Å². The fourth-order valence-electron chi connectivity index (χ4n) is 3.66. The zero-order valence-corrected chi connectivity index (χ0v) is 14.8. The number of likely N-dealkylation sites (tertiary alicyclic amines) is 1. The number of nitrogens with zero attached hydrogens (tertiary/aromatic N) is 2. The number of imide groups is 1. The molecule has 2 aliphatic rings. The molecule has 0 saturated carbocycles. The Morgan fingerprint density at radius 2 is 1.96 bits per heavy atom. The third-order valence-electron chi connectivity index (χ3n) is 4.82. The van der Waals surface area contributed by atoms with E-state index < -0.39 is 6.04 Å². The van der Waals surface area contributed by atoms with Crippen molar-refractivity contribution in [3.63, 3.8) is 0 Å². The van der Waals surface area contributed by atoms with Crippen molar-refractivity contribution in [3.8, 4) is 0 Å². The van der Waals surface area contributed by atoms with Gasteiger partial charge in [0.2, 0.25) is 5.91 Å². The molecule has 2 aliphatic heterocycles. The predicted octanol–water partition coefficient (Wildman–Crippen LogP) is 2.86. The molecular formula is C17H20Cl2N2O3. The third kappa shape index (κ3) is 3.31. The number of anilines is 1. The van der Waals surface area contributed by atoms with Gasteiger partial charge in [-0.3, -0.25) is 14.5 Å². The van der Waals surface area contributed by atoms with Gasteiger partial charge in [0, 0.05) is 12.6 Å². The van der Waals surface area contributed by atoms with Gasteiger partial charge < -0.3 is 5.11 Å². The molecule has 0 spiro atoms. The number of aliphatic hydroxyl groups is 1. The molecule has 0 unspecified atom stereocenters. The van der Waals surface area contributed by atoms with Crippen LogP contribution in [0.15, 0.2) is 18.2 Å². The topological polar surface area (TPSA) is 60.9 Å². The molecule has 2 atom stereocenters. The molecular weight excluding hydrogens is 351 g/mol. The summed E-state index contributed by atoms with van der Waals surface area (Å²) in [6.45, 7) is 0.871. The van der Waals surface area contributed by atoms with E-state index in [2.05, 4.69) is 4.90 Å². The summed E-state index contributed by atoms with van der Waals surface area (Å²) in [5, 5.41) is 9.97. The van der Waals surface area contributed by atoms with E-state index in [1.54, 1.807) is 18.2 Å². The molecule has 130 valence electrons. The van der Waals surface area contributed by atoms with Gasteiger partial charge in [-0.2, -0.15) is 0 Å². The summed E-state index contributed by atoms with van der Waals surface area (Å²) < 4.78 is 0. The predicted molar refractivity (Wildman–Crippen MR) is 93.4 cm³/mol. The van der Waals surface area contributed by atoms with Gasteiger partial charge in [0.05, 0.1) is 28.2 Å². The van der Waals surface area contributed by atoms with Crippen LogP contribution in [0.2, 0.25) is 10.0 Å². The molecule has 24 heavy (non-hydrogen) atoms. The number of aliphatic hydroxyl groups excluding tert-OH is 1. The van der Waals surface area contributed by atoms with Crippen molar-refractivity contribution in [2.45, 2.75) is 44.2 Å². The monoisotopic (exact) mass is 370 g/mol. The van der Waals surface area contributed by atoms with Crippen LogP contribution in [0.3, 0.4) is 0 Å². The fourth-order valence-corrected chi connectivity index (χ4v) is 3.95. The Labute approximate surface area is 151 Å². The van der Waals surface area contributed by atoms with Crippen LogP contribution in [-0.2, 0) is 9.59 Å². The Morgan fingerprint density at radius 3 is 2.67 bits per heavy atom. The molecule has 1 N–H and O–H groups in total. The Bertz CT molecular complexity index is 651. The first-order valence-electron chi connectivity index (χ1n) is 8.21. The molecule has 0 radical (unpaired) electrons. The highest BCUT2D eigenvalue weighted by Gasteiger charge is 2.45. The highest BCUT2D eigenvalue weighted by molar-refractivity contribution is 6.42. The molecule has 1 aromatic rings. The van der Waals surface area contributed by atoms with Crippen LogP contribution in [-0.4, -0.2) is 47.1 Å². The molecule has 3 rings (SSSR count). The number of hydrogen-bond donors (Lipinski definition) is 1. The molecule has 7 heteroatoms. The lowest BCUT2D eigenvalue weighted by atomic mass is 9.97. The summed E-state index contributed by atoms with van der Waals surface area (Å²) in [6, 6.07) is 4.46. The third-order valence-corrected chi connectivity index (χ3v) is 5.56. The quantitative estimate of drug-likeness (QED) is 0.827. The molecule has 5 nitrogen and oxygen atoms in total. The van der Waals surface area contributed by atoms with Crippen molar-refractivity contribution in [3.05, 3.63) is 28.2 Å². The normalized spacial score (nSPS) is 25.5. The summed E-state index contributed by atoms with van der Waals surface area (Å²) in [6.07, 6.45) is 3.84. The minimum atomic E-state index is -0.455. The van der Waals surface area contributed by atoms with Gasteiger partial charge in [-0.15, -0.1) is 0 Å². The van der Waals surface area contributed by atoms with Gasteiger partial charge in [-0.1, -0.05) is 29.6 Å². The number of halogens is 2. The van der Waals surface area contributed by atoms with E-state index in [4.69, 9.17) is 23.2 Å². The van der Waals surface area contributed by atoms with E-state index >= 15 is 0 Å². The van der Waals surface area contributed by atoms with Gasteiger partial charge >= 0.3 is 0 Å². The number of amides is 2. The van der Waals surface area contributed by atoms with E-state index in [0.717, 1.165) is 25.8 Å². The first kappa shape index (κ1) is 17.7. The van der Waals surface area contributed by atoms with Crippen LogP contribution >= 0.6 is 23.2 Å². The second-order valence-corrected chi connectivity index (χ2v) is 7.10. The highest BCUT2D eigenvalue weighted by atomic mass is 35.5. The first-order chi connectivity index (χ1) is 11.5. The second kappa shape index (κ2) is 7.40. The Hall–Kier alpha value is -1.14. The molecule has 0 bridgehead atoms. The van der Waals surface area contributed by atoms with E-state index in [1.807, 2.05) is 0 Å². The maximum absolute atomic E-state index is 12.9. The maximum atomic E-state index is 12.9. The molecule has 2 saturated heterocycles. The average Bonchev–Trinajstić information content (AvgIpc) is 2.86. The summed E-state index contributed by atoms with van der Waals surface area (Å²) in [7, 11) is 0. The van der Waals surface area contributed by atoms with Crippen LogP contribution < -0.4 is 4.90 Å². The van der Waals surface area contributed by atoms with E-state index in [1.165, 1.54) is 4.90 Å². The number of hydrogen-bond acceptors (Lipinski definition) is 4. The van der Waals surface area contributed by atoms with Gasteiger partial charge in [-0.05, 0) is 44.0 Å². The van der Waals surface area contributed by atoms with Crippen LogP contribution in [0, 0.1) is 0 Å². The summed E-state index contributed by atoms with van der Waals surface area (Å²) in [5.74, 6) is -0.445. The molecule has 2 fully saturated rings. The standard InChI is InChI=1S/C17H20Cl2N2O3/c18-13-5-4-12(9-14(13)19)21-16(23)10-15(17(21)24)20-7-2-1-3-11(20)6-8-22/h4-5,9,11,15,22H,1-3,6-8,10H2/t11-,15-/m1/s1. The largest absolute Gasteiger partial charge is 0.396 e. The lowest BCUT2D eigenvalue weighted by molar-refractivity contribution is -0.123. The van der Waals surface area contributed by atoms with Crippen LogP contribution in [0.1, 0.15) is 32.1 Å².